The molecule has 0 aromatic rings. The Labute approximate surface area is 319 Å². The van der Waals surface area contributed by atoms with Crippen LogP contribution in [0.5, 0.6) is 0 Å². The highest BCUT2D eigenvalue weighted by Gasteiger charge is 2.36. The van der Waals surface area contributed by atoms with Crippen LogP contribution < -0.4 is 21.3 Å². The number of rotatable bonds is 30. The molecule has 6 atom stereocenters. The number of nitrogens with one attached hydrogen (secondary N) is 4. The normalized spacial score (nSPS) is 14.9. The smallest absolute Gasteiger partial charge is 0.326 e. The second-order valence-corrected chi connectivity index (χ2v) is 15.9. The van der Waals surface area contributed by atoms with E-state index in [0.717, 1.165) is 25.7 Å². The minimum atomic E-state index is -1.46. The SMILES string of the molecule is CCCCCCCCCCCCNC(=O)C[C@H](NC(=O)[C@@H](CC(=O)[C@@H](NC(=O)[C@@H](CC(=O)[C@H](C)NC(=O)[C@H](C)CC)C(C)C)C(C)C)C(C)C)C(=O)O. The van der Waals surface area contributed by atoms with Gasteiger partial charge in [-0.1, -0.05) is 120 Å². The van der Waals surface area contributed by atoms with Gasteiger partial charge in [-0.05, 0) is 37.5 Å². The Kier molecular flexibility index (Phi) is 25.6. The second kappa shape index (κ2) is 27.3. The van der Waals surface area contributed by atoms with Crippen molar-refractivity contribution < 1.29 is 38.7 Å². The highest BCUT2D eigenvalue weighted by Crippen LogP contribution is 2.22. The van der Waals surface area contributed by atoms with Crippen LogP contribution in [0.25, 0.3) is 0 Å². The molecule has 5 N–H and O–H groups in total. The molecule has 0 radical (unpaired) electrons. The number of carbonyl (C=O) groups excluding carboxylic acids is 6. The number of aliphatic carboxylic acids is 1. The van der Waals surface area contributed by atoms with Crippen LogP contribution in [0.4, 0.5) is 0 Å². The molecular weight excluding hydrogens is 676 g/mol. The molecule has 53 heavy (non-hydrogen) atoms. The number of carboxylic acids is 1. The molecule has 0 rings (SSSR count). The molecule has 0 aliphatic rings. The Morgan fingerprint density at radius 1 is 0.528 bits per heavy atom. The van der Waals surface area contributed by atoms with Gasteiger partial charge < -0.3 is 26.4 Å². The fraction of sp³-hybridized carbons (Fsp3) is 0.829. The quantitative estimate of drug-likeness (QED) is 0.0542. The number of Topliss-reactive ketones (excluding diaryl/α,β-unsaturated/α-hetero) is 2. The fourth-order valence-corrected chi connectivity index (χ4v) is 6.08. The Morgan fingerprint density at radius 2 is 1.00 bits per heavy atom. The maximum absolute atomic E-state index is 13.7. The summed E-state index contributed by atoms with van der Waals surface area (Å²) in [5, 5.41) is 20.6. The van der Waals surface area contributed by atoms with Crippen LogP contribution in [0.15, 0.2) is 0 Å². The van der Waals surface area contributed by atoms with Crippen molar-refractivity contribution in [1.82, 2.24) is 21.3 Å². The molecular formula is C41H74N4O8. The molecule has 0 aromatic carbocycles. The van der Waals surface area contributed by atoms with Gasteiger partial charge in [-0.3, -0.25) is 28.8 Å². The molecule has 0 bridgehead atoms. The average molecular weight is 751 g/mol. The first kappa shape index (κ1) is 49.7. The van der Waals surface area contributed by atoms with Crippen LogP contribution in [-0.4, -0.2) is 70.9 Å². The van der Waals surface area contributed by atoms with Gasteiger partial charge in [-0.2, -0.15) is 0 Å². The minimum absolute atomic E-state index is 0.120. The first-order valence-electron chi connectivity index (χ1n) is 20.3. The Balaban J connectivity index is 5.29. The zero-order valence-electron chi connectivity index (χ0n) is 34.6. The third-order valence-corrected chi connectivity index (χ3v) is 10.2. The highest BCUT2D eigenvalue weighted by molar-refractivity contribution is 5.96. The van der Waals surface area contributed by atoms with E-state index in [9.17, 15) is 38.7 Å². The predicted molar refractivity (Wildman–Crippen MR) is 209 cm³/mol. The van der Waals surface area contributed by atoms with Gasteiger partial charge in [0.2, 0.25) is 23.6 Å². The topological polar surface area (TPSA) is 188 Å². The van der Waals surface area contributed by atoms with E-state index in [1.807, 2.05) is 20.8 Å². The van der Waals surface area contributed by atoms with E-state index >= 15 is 0 Å². The first-order chi connectivity index (χ1) is 24.9. The zero-order valence-corrected chi connectivity index (χ0v) is 34.6. The summed E-state index contributed by atoms with van der Waals surface area (Å²) in [5.41, 5.74) is 0. The third kappa shape index (κ3) is 20.7. The van der Waals surface area contributed by atoms with Crippen LogP contribution in [0.1, 0.15) is 159 Å². The molecule has 12 nitrogen and oxygen atoms in total. The first-order valence-corrected chi connectivity index (χ1v) is 20.3. The summed E-state index contributed by atoms with van der Waals surface area (Å²) in [6.07, 6.45) is 11.4. The van der Waals surface area contributed by atoms with Crippen LogP contribution in [-0.2, 0) is 33.6 Å². The summed E-state index contributed by atoms with van der Waals surface area (Å²) in [6, 6.07) is -3.19. The summed E-state index contributed by atoms with van der Waals surface area (Å²) in [6.45, 7) is 18.5. The minimum Gasteiger partial charge on any atom is -0.480 e. The molecule has 0 heterocycles. The number of amides is 4. The Bertz CT molecular complexity index is 1150. The standard InChI is InChI=1S/C41H74N4O8/c1-11-13-14-15-16-17-18-19-20-21-22-42-36(48)25-33(41(52)53)44-39(50)32(27(5)6)24-35(47)37(28(7)8)45-40(51)31(26(3)4)23-34(46)30(10)43-38(49)29(9)12-2/h26-33,37H,11-25H2,1-10H3,(H,42,48)(H,43,49)(H,44,50)(H,45,51)(H,52,53)/t29-,30+,31+,32+,33+,37+/m1/s1. The maximum Gasteiger partial charge on any atom is 0.326 e. The predicted octanol–water partition coefficient (Wildman–Crippen LogP) is 6.14. The molecule has 0 aliphatic carbocycles. The van der Waals surface area contributed by atoms with E-state index in [0.29, 0.717) is 13.0 Å². The fourth-order valence-electron chi connectivity index (χ4n) is 6.08. The van der Waals surface area contributed by atoms with Crippen LogP contribution >= 0.6 is 0 Å². The Morgan fingerprint density at radius 3 is 1.45 bits per heavy atom. The van der Waals surface area contributed by atoms with Crippen molar-refractivity contribution in [2.75, 3.05) is 6.54 Å². The number of hydrogen-bond donors (Lipinski definition) is 5. The monoisotopic (exact) mass is 751 g/mol. The van der Waals surface area contributed by atoms with Gasteiger partial charge in [0.25, 0.3) is 0 Å². The number of carbonyl (C=O) groups is 7. The summed E-state index contributed by atoms with van der Waals surface area (Å²) >= 11 is 0. The summed E-state index contributed by atoms with van der Waals surface area (Å²) < 4.78 is 0. The van der Waals surface area contributed by atoms with Gasteiger partial charge >= 0.3 is 5.97 Å². The average Bonchev–Trinajstić information content (AvgIpc) is 3.08. The summed E-state index contributed by atoms with van der Waals surface area (Å²) in [4.78, 5) is 90.6. The van der Waals surface area contributed by atoms with Crippen molar-refractivity contribution in [3.63, 3.8) is 0 Å². The molecule has 0 fully saturated rings. The third-order valence-electron chi connectivity index (χ3n) is 10.2. The molecule has 0 saturated carbocycles. The lowest BCUT2D eigenvalue weighted by molar-refractivity contribution is -0.144. The van der Waals surface area contributed by atoms with Crippen molar-refractivity contribution >= 4 is 41.2 Å². The van der Waals surface area contributed by atoms with Crippen molar-refractivity contribution in [2.24, 2.45) is 35.5 Å². The molecule has 0 spiro atoms. The van der Waals surface area contributed by atoms with E-state index < -0.39 is 65.9 Å². The summed E-state index contributed by atoms with van der Waals surface area (Å²) in [5.74, 6) is -6.72. The van der Waals surface area contributed by atoms with Crippen LogP contribution in [0.2, 0.25) is 0 Å². The Hall–Kier alpha value is -3.31. The van der Waals surface area contributed by atoms with E-state index in [4.69, 9.17) is 0 Å². The van der Waals surface area contributed by atoms with Crippen molar-refractivity contribution in [3.8, 4) is 0 Å². The zero-order chi connectivity index (χ0) is 40.7. The van der Waals surface area contributed by atoms with Gasteiger partial charge in [-0.15, -0.1) is 0 Å². The van der Waals surface area contributed by atoms with E-state index in [1.54, 1.807) is 41.5 Å². The van der Waals surface area contributed by atoms with Gasteiger partial charge in [0.15, 0.2) is 11.6 Å². The molecule has 12 heteroatoms. The highest BCUT2D eigenvalue weighted by atomic mass is 16.4. The van der Waals surface area contributed by atoms with Crippen molar-refractivity contribution in [1.29, 1.82) is 0 Å². The van der Waals surface area contributed by atoms with Crippen molar-refractivity contribution in [2.45, 2.75) is 177 Å². The summed E-state index contributed by atoms with van der Waals surface area (Å²) in [7, 11) is 0. The van der Waals surface area contributed by atoms with Gasteiger partial charge in [0, 0.05) is 37.1 Å². The number of unbranched alkanes of at least 4 members (excludes halogenated alkanes) is 9. The number of carboxylic acid groups (broad SMARTS) is 1. The lowest BCUT2D eigenvalue weighted by atomic mass is 9.84. The molecule has 0 unspecified atom stereocenters. The van der Waals surface area contributed by atoms with E-state index in [1.165, 1.54) is 38.5 Å². The van der Waals surface area contributed by atoms with Crippen LogP contribution in [0, 0.1) is 35.5 Å². The van der Waals surface area contributed by atoms with Crippen molar-refractivity contribution in [3.05, 3.63) is 0 Å². The molecule has 0 aromatic heterocycles. The van der Waals surface area contributed by atoms with E-state index in [-0.39, 0.29) is 48.2 Å². The molecule has 0 aliphatic heterocycles. The van der Waals surface area contributed by atoms with E-state index in [2.05, 4.69) is 28.2 Å². The number of hydrogen-bond acceptors (Lipinski definition) is 7. The second-order valence-electron chi connectivity index (χ2n) is 15.9. The lowest BCUT2D eigenvalue weighted by Crippen LogP contribution is -2.51. The van der Waals surface area contributed by atoms with Crippen LogP contribution in [0.3, 0.4) is 0 Å². The van der Waals surface area contributed by atoms with Gasteiger partial charge in [0.1, 0.15) is 6.04 Å². The molecule has 0 saturated heterocycles. The van der Waals surface area contributed by atoms with Gasteiger partial charge in [-0.25, -0.2) is 4.79 Å². The van der Waals surface area contributed by atoms with Gasteiger partial charge in [0.05, 0.1) is 18.5 Å². The number of ketones is 2. The maximum atomic E-state index is 13.7. The largest absolute Gasteiger partial charge is 0.480 e. The molecule has 4 amide bonds. The lowest BCUT2D eigenvalue weighted by Gasteiger charge is -2.29. The molecule has 306 valence electrons.